The van der Waals surface area contributed by atoms with Crippen LogP contribution in [0.4, 0.5) is 0 Å². The average Bonchev–Trinajstić information content (AvgIpc) is 3.17. The van der Waals surface area contributed by atoms with E-state index in [-0.39, 0.29) is 0 Å². The molecule has 130 valence electrons. The molecule has 0 aliphatic heterocycles. The van der Waals surface area contributed by atoms with E-state index in [0.29, 0.717) is 0 Å². The Morgan fingerprint density at radius 1 is 0.520 bits per heavy atom. The van der Waals surface area contributed by atoms with Crippen molar-refractivity contribution in [2.45, 2.75) is 0 Å². The van der Waals surface area contributed by atoms with Gasteiger partial charge in [0.2, 0.25) is 0 Å². The molecule has 1 heterocycles. The Morgan fingerprint density at radius 2 is 0.920 bits per heavy atom. The Labute approximate surface area is 151 Å². The Balaban J connectivity index is 1.95. The van der Waals surface area contributed by atoms with Gasteiger partial charge < -0.3 is 18.9 Å². The van der Waals surface area contributed by atoms with Crippen molar-refractivity contribution in [1.82, 2.24) is 0 Å². The molecule has 0 radical (unpaired) electrons. The highest BCUT2D eigenvalue weighted by atomic mass is 32.1. The molecule has 3 aromatic rings. The molecule has 0 unspecified atom stereocenters. The highest BCUT2D eigenvalue weighted by Crippen LogP contribution is 2.40. The first-order valence-corrected chi connectivity index (χ1v) is 8.56. The maximum absolute atomic E-state index is 5.39. The van der Waals surface area contributed by atoms with Gasteiger partial charge in [-0.05, 0) is 59.7 Å². The van der Waals surface area contributed by atoms with Crippen LogP contribution in [0.1, 0.15) is 0 Å². The van der Waals surface area contributed by atoms with Crippen molar-refractivity contribution >= 4 is 11.3 Å². The lowest BCUT2D eigenvalue weighted by Crippen LogP contribution is -1.90. The molecule has 0 atom stereocenters. The maximum atomic E-state index is 5.39. The van der Waals surface area contributed by atoms with E-state index in [1.807, 2.05) is 36.4 Å². The zero-order valence-electron chi connectivity index (χ0n) is 14.7. The predicted molar refractivity (Wildman–Crippen MR) is 101 cm³/mol. The second-order valence-corrected chi connectivity index (χ2v) is 6.39. The molecule has 0 fully saturated rings. The first kappa shape index (κ1) is 17.2. The summed E-state index contributed by atoms with van der Waals surface area (Å²) >= 11 is 1.71. The third kappa shape index (κ3) is 3.42. The number of rotatable bonds is 6. The zero-order valence-corrected chi connectivity index (χ0v) is 15.5. The minimum atomic E-state index is 0.723. The van der Waals surface area contributed by atoms with Crippen LogP contribution in [0.3, 0.4) is 0 Å². The van der Waals surface area contributed by atoms with Crippen LogP contribution < -0.4 is 18.9 Å². The number of benzene rings is 2. The van der Waals surface area contributed by atoms with Crippen molar-refractivity contribution in [3.63, 3.8) is 0 Å². The summed E-state index contributed by atoms with van der Waals surface area (Å²) in [5.74, 6) is 2.90. The van der Waals surface area contributed by atoms with Gasteiger partial charge in [-0.25, -0.2) is 0 Å². The molecule has 0 bridgehead atoms. The topological polar surface area (TPSA) is 36.9 Å². The fraction of sp³-hybridized carbons (Fsp3) is 0.200. The van der Waals surface area contributed by atoms with Crippen LogP contribution in [0, 0.1) is 0 Å². The lowest BCUT2D eigenvalue weighted by molar-refractivity contribution is 0.355. The lowest BCUT2D eigenvalue weighted by atomic mass is 10.1. The molecule has 0 spiro atoms. The summed E-state index contributed by atoms with van der Waals surface area (Å²) in [5, 5.41) is 0. The van der Waals surface area contributed by atoms with Gasteiger partial charge in [-0.3, -0.25) is 0 Å². The van der Waals surface area contributed by atoms with Gasteiger partial charge in [0.05, 0.1) is 28.4 Å². The van der Waals surface area contributed by atoms with Gasteiger partial charge in [0, 0.05) is 9.75 Å². The van der Waals surface area contributed by atoms with Crippen molar-refractivity contribution in [2.24, 2.45) is 0 Å². The van der Waals surface area contributed by atoms with Gasteiger partial charge in [-0.2, -0.15) is 0 Å². The van der Waals surface area contributed by atoms with Gasteiger partial charge in [-0.15, -0.1) is 11.3 Å². The normalized spacial score (nSPS) is 10.4. The molecule has 0 saturated carbocycles. The van der Waals surface area contributed by atoms with Crippen LogP contribution in [-0.2, 0) is 0 Å². The summed E-state index contributed by atoms with van der Waals surface area (Å²) in [6.07, 6.45) is 0. The number of hydrogen-bond donors (Lipinski definition) is 0. The summed E-state index contributed by atoms with van der Waals surface area (Å²) in [7, 11) is 6.56. The Hall–Kier alpha value is -2.66. The van der Waals surface area contributed by atoms with Crippen LogP contribution in [0.5, 0.6) is 23.0 Å². The highest BCUT2D eigenvalue weighted by molar-refractivity contribution is 7.18. The number of hydrogen-bond acceptors (Lipinski definition) is 5. The SMILES string of the molecule is COc1ccc(-c2ccc(-c3ccc(OC)c(OC)c3)s2)cc1OC. The first-order chi connectivity index (χ1) is 12.2. The van der Waals surface area contributed by atoms with Gasteiger partial charge >= 0.3 is 0 Å². The lowest BCUT2D eigenvalue weighted by Gasteiger charge is -2.09. The fourth-order valence-corrected chi connectivity index (χ4v) is 3.63. The molecule has 1 aromatic heterocycles. The van der Waals surface area contributed by atoms with E-state index in [9.17, 15) is 0 Å². The highest BCUT2D eigenvalue weighted by Gasteiger charge is 2.11. The van der Waals surface area contributed by atoms with Gasteiger partial charge in [-0.1, -0.05) is 0 Å². The monoisotopic (exact) mass is 356 g/mol. The van der Waals surface area contributed by atoms with Crippen molar-refractivity contribution < 1.29 is 18.9 Å². The van der Waals surface area contributed by atoms with Crippen molar-refractivity contribution in [1.29, 1.82) is 0 Å². The molecule has 0 aliphatic carbocycles. The molecule has 4 nitrogen and oxygen atoms in total. The van der Waals surface area contributed by atoms with E-state index < -0.39 is 0 Å². The van der Waals surface area contributed by atoms with Crippen LogP contribution in [0.2, 0.25) is 0 Å². The van der Waals surface area contributed by atoms with E-state index in [1.54, 1.807) is 39.8 Å². The summed E-state index contributed by atoms with van der Waals surface area (Å²) in [6.45, 7) is 0. The Morgan fingerprint density at radius 3 is 1.28 bits per heavy atom. The molecule has 0 saturated heterocycles. The van der Waals surface area contributed by atoms with Crippen LogP contribution >= 0.6 is 11.3 Å². The minimum absolute atomic E-state index is 0.723. The summed E-state index contributed by atoms with van der Waals surface area (Å²) < 4.78 is 21.4. The second kappa shape index (κ2) is 7.49. The summed E-state index contributed by atoms with van der Waals surface area (Å²) in [5.41, 5.74) is 2.18. The van der Waals surface area contributed by atoms with Crippen molar-refractivity contribution in [3.05, 3.63) is 48.5 Å². The largest absolute Gasteiger partial charge is 0.493 e. The van der Waals surface area contributed by atoms with Crippen LogP contribution in [0.15, 0.2) is 48.5 Å². The minimum Gasteiger partial charge on any atom is -0.493 e. The molecule has 3 rings (SSSR count). The maximum Gasteiger partial charge on any atom is 0.161 e. The third-order valence-corrected chi connectivity index (χ3v) is 5.13. The molecule has 2 aromatic carbocycles. The fourth-order valence-electron chi connectivity index (χ4n) is 2.63. The van der Waals surface area contributed by atoms with Gasteiger partial charge in [0.1, 0.15) is 0 Å². The Kier molecular flexibility index (Phi) is 5.14. The van der Waals surface area contributed by atoms with Crippen LogP contribution in [-0.4, -0.2) is 28.4 Å². The second-order valence-electron chi connectivity index (χ2n) is 5.30. The molecule has 0 aliphatic rings. The molecule has 5 heteroatoms. The molecule has 0 amide bonds. The third-order valence-electron chi connectivity index (χ3n) is 3.94. The number of methoxy groups -OCH3 is 4. The number of ether oxygens (including phenoxy) is 4. The van der Waals surface area contributed by atoms with E-state index in [1.165, 1.54) is 0 Å². The predicted octanol–water partition coefficient (Wildman–Crippen LogP) is 5.12. The summed E-state index contributed by atoms with van der Waals surface area (Å²) in [4.78, 5) is 2.32. The summed E-state index contributed by atoms with van der Waals surface area (Å²) in [6, 6.07) is 16.1. The molecule has 0 N–H and O–H groups in total. The quantitative estimate of drug-likeness (QED) is 0.614. The van der Waals surface area contributed by atoms with E-state index >= 15 is 0 Å². The van der Waals surface area contributed by atoms with E-state index in [0.717, 1.165) is 43.9 Å². The average molecular weight is 356 g/mol. The van der Waals surface area contributed by atoms with Gasteiger partial charge in [0.25, 0.3) is 0 Å². The molecule has 25 heavy (non-hydrogen) atoms. The first-order valence-electron chi connectivity index (χ1n) is 7.74. The molecular weight excluding hydrogens is 336 g/mol. The molecular formula is C20H20O4S. The van der Waals surface area contributed by atoms with E-state index in [4.69, 9.17) is 18.9 Å². The number of thiophene rings is 1. The van der Waals surface area contributed by atoms with Crippen LogP contribution in [0.25, 0.3) is 20.9 Å². The Bertz CT molecular complexity index is 800. The van der Waals surface area contributed by atoms with Crippen molar-refractivity contribution in [3.8, 4) is 43.9 Å². The van der Waals surface area contributed by atoms with Gasteiger partial charge in [0.15, 0.2) is 23.0 Å². The van der Waals surface area contributed by atoms with E-state index in [2.05, 4.69) is 12.1 Å². The standard InChI is InChI=1S/C20H20O4S/c1-21-15-7-5-13(11-17(15)23-3)19-9-10-20(25-19)14-6-8-16(22-2)18(12-14)24-4/h5-12H,1-4H3. The van der Waals surface area contributed by atoms with Crippen molar-refractivity contribution in [2.75, 3.05) is 28.4 Å². The zero-order chi connectivity index (χ0) is 17.8. The smallest absolute Gasteiger partial charge is 0.161 e.